The molecule has 40 heavy (non-hydrogen) atoms. The van der Waals surface area contributed by atoms with Crippen molar-refractivity contribution < 1.29 is 51.9 Å². The van der Waals surface area contributed by atoms with Gasteiger partial charge in [-0.3, -0.25) is 0 Å². The third-order valence-corrected chi connectivity index (χ3v) is 8.35. The zero-order valence-electron chi connectivity index (χ0n) is 22.2. The van der Waals surface area contributed by atoms with Crippen LogP contribution in [0.3, 0.4) is 0 Å². The van der Waals surface area contributed by atoms with Gasteiger partial charge < -0.3 is 34.8 Å². The van der Waals surface area contributed by atoms with Gasteiger partial charge in [-0.05, 0) is 62.4 Å². The Morgan fingerprint density at radius 2 is 1.75 bits per heavy atom. The highest BCUT2D eigenvalue weighted by molar-refractivity contribution is 7.91. The SMILES string of the molecule is Cc1nc(S(=O)(=O)CC(O)CO)ccc1-c1cc(F)c(OCC2CCN(C(=O)OC(C)C(O)CO)CC2)c(F)c1. The first-order valence-corrected chi connectivity index (χ1v) is 14.4. The lowest BCUT2D eigenvalue weighted by molar-refractivity contribution is -0.0285. The van der Waals surface area contributed by atoms with Crippen molar-refractivity contribution in [2.45, 2.75) is 50.0 Å². The number of piperidine rings is 1. The van der Waals surface area contributed by atoms with E-state index in [9.17, 15) is 32.2 Å². The van der Waals surface area contributed by atoms with Crippen molar-refractivity contribution in [3.63, 3.8) is 0 Å². The number of aliphatic hydroxyl groups excluding tert-OH is 4. The monoisotopic (exact) mass is 588 g/mol. The molecule has 222 valence electrons. The summed E-state index contributed by atoms with van der Waals surface area (Å²) in [5, 5.41) is 36.5. The summed E-state index contributed by atoms with van der Waals surface area (Å²) in [6, 6.07) is 4.65. The van der Waals surface area contributed by atoms with Crippen LogP contribution in [-0.2, 0) is 14.6 Å². The largest absolute Gasteiger partial charge is 0.487 e. The number of pyridine rings is 1. The predicted octanol–water partition coefficient (Wildman–Crippen LogP) is 1.43. The second-order valence-electron chi connectivity index (χ2n) is 9.75. The average molecular weight is 589 g/mol. The Kier molecular flexibility index (Phi) is 10.8. The fraction of sp³-hybridized carbons (Fsp3) is 0.538. The number of aromatic nitrogens is 1. The van der Waals surface area contributed by atoms with Gasteiger partial charge in [-0.1, -0.05) is 0 Å². The van der Waals surface area contributed by atoms with Crippen LogP contribution in [0.5, 0.6) is 5.75 Å². The van der Waals surface area contributed by atoms with Gasteiger partial charge in [-0.25, -0.2) is 27.0 Å². The first-order chi connectivity index (χ1) is 18.9. The Hall–Kier alpha value is -2.91. The predicted molar refractivity (Wildman–Crippen MR) is 138 cm³/mol. The molecule has 3 unspecified atom stereocenters. The molecule has 0 spiro atoms. The van der Waals surface area contributed by atoms with Crippen LogP contribution in [0.2, 0.25) is 0 Å². The number of hydrogen-bond acceptors (Lipinski definition) is 10. The molecular weight excluding hydrogens is 554 g/mol. The van der Waals surface area contributed by atoms with E-state index in [0.717, 1.165) is 12.1 Å². The molecule has 11 nitrogen and oxygen atoms in total. The lowest BCUT2D eigenvalue weighted by Crippen LogP contribution is -2.43. The van der Waals surface area contributed by atoms with Crippen molar-refractivity contribution in [1.82, 2.24) is 9.88 Å². The summed E-state index contributed by atoms with van der Waals surface area (Å²) >= 11 is 0. The number of halogens is 2. The number of nitrogens with zero attached hydrogens (tertiary/aromatic N) is 2. The van der Waals surface area contributed by atoms with Crippen LogP contribution in [0.15, 0.2) is 29.3 Å². The maximum absolute atomic E-state index is 14.9. The van der Waals surface area contributed by atoms with E-state index >= 15 is 0 Å². The number of aliphatic hydroxyl groups is 4. The molecule has 1 aromatic carbocycles. The Labute approximate surface area is 230 Å². The molecule has 14 heteroatoms. The van der Waals surface area contributed by atoms with E-state index in [1.165, 1.54) is 30.9 Å². The lowest BCUT2D eigenvalue weighted by atomic mass is 9.98. The van der Waals surface area contributed by atoms with Gasteiger partial charge >= 0.3 is 6.09 Å². The van der Waals surface area contributed by atoms with Gasteiger partial charge in [0.25, 0.3) is 0 Å². The van der Waals surface area contributed by atoms with Gasteiger partial charge in [0.2, 0.25) is 0 Å². The first-order valence-electron chi connectivity index (χ1n) is 12.7. The highest BCUT2D eigenvalue weighted by atomic mass is 32.2. The summed E-state index contributed by atoms with van der Waals surface area (Å²) in [5.74, 6) is -3.25. The van der Waals surface area contributed by atoms with E-state index in [4.69, 9.17) is 19.7 Å². The minimum absolute atomic E-state index is 0.0164. The molecule has 4 N–H and O–H groups in total. The summed E-state index contributed by atoms with van der Waals surface area (Å²) in [6.45, 7) is 2.36. The normalized spacial score (nSPS) is 16.9. The van der Waals surface area contributed by atoms with Crippen LogP contribution >= 0.6 is 0 Å². The number of likely N-dealkylation sites (tertiary alicyclic amines) is 1. The maximum atomic E-state index is 14.9. The molecule has 2 heterocycles. The van der Waals surface area contributed by atoms with Gasteiger partial charge in [-0.2, -0.15) is 0 Å². The molecule has 0 aliphatic carbocycles. The first kappa shape index (κ1) is 31.6. The molecule has 1 aromatic heterocycles. The number of carbonyl (C=O) groups is 1. The molecule has 1 fully saturated rings. The topological polar surface area (TPSA) is 167 Å². The van der Waals surface area contributed by atoms with Crippen LogP contribution in [-0.4, -0.2) is 102 Å². The van der Waals surface area contributed by atoms with Crippen LogP contribution < -0.4 is 4.74 Å². The molecule has 3 atom stereocenters. The average Bonchev–Trinajstić information content (AvgIpc) is 2.91. The Bertz CT molecular complexity index is 1260. The van der Waals surface area contributed by atoms with Crippen LogP contribution in [0.4, 0.5) is 13.6 Å². The third kappa shape index (κ3) is 7.85. The third-order valence-electron chi connectivity index (χ3n) is 6.66. The van der Waals surface area contributed by atoms with Gasteiger partial charge in [0.1, 0.15) is 12.2 Å². The number of rotatable bonds is 11. The van der Waals surface area contributed by atoms with Crippen molar-refractivity contribution in [1.29, 1.82) is 0 Å². The van der Waals surface area contributed by atoms with E-state index in [0.29, 0.717) is 31.5 Å². The highest BCUT2D eigenvalue weighted by Gasteiger charge is 2.28. The number of amides is 1. The van der Waals surface area contributed by atoms with E-state index < -0.39 is 70.6 Å². The van der Waals surface area contributed by atoms with Crippen LogP contribution in [0.1, 0.15) is 25.5 Å². The van der Waals surface area contributed by atoms with Crippen molar-refractivity contribution in [3.8, 4) is 16.9 Å². The van der Waals surface area contributed by atoms with E-state index in [1.54, 1.807) is 0 Å². The number of carbonyl (C=O) groups excluding carboxylic acids is 1. The maximum Gasteiger partial charge on any atom is 0.410 e. The quantitative estimate of drug-likeness (QED) is 0.302. The molecule has 1 aliphatic rings. The second kappa shape index (κ2) is 13.6. The molecule has 1 saturated heterocycles. The minimum Gasteiger partial charge on any atom is -0.487 e. The Balaban J connectivity index is 1.62. The van der Waals surface area contributed by atoms with Crippen molar-refractivity contribution in [2.24, 2.45) is 5.92 Å². The number of benzene rings is 1. The van der Waals surface area contributed by atoms with E-state index in [2.05, 4.69) is 4.98 Å². The highest BCUT2D eigenvalue weighted by Crippen LogP contribution is 2.32. The van der Waals surface area contributed by atoms with Gasteiger partial charge in [-0.15, -0.1) is 0 Å². The summed E-state index contributed by atoms with van der Waals surface area (Å²) in [5.41, 5.74) is 0.614. The van der Waals surface area contributed by atoms with E-state index in [1.807, 2.05) is 0 Å². The Morgan fingerprint density at radius 3 is 2.30 bits per heavy atom. The minimum atomic E-state index is -3.99. The van der Waals surface area contributed by atoms with E-state index in [-0.39, 0.29) is 28.8 Å². The standard InChI is InChI=1S/C26H34F2N2O9S/c1-15-20(3-4-24(29-15)40(36,37)14-19(33)11-31)18-9-21(27)25(22(28)10-18)38-13-17-5-7-30(8-6-17)26(35)39-16(2)23(34)12-32/h3-4,9-10,16-17,19,23,31-34H,5-8,11-14H2,1-2H3. The van der Waals surface area contributed by atoms with Crippen molar-refractivity contribution in [2.75, 3.05) is 38.7 Å². The second-order valence-corrected chi connectivity index (χ2v) is 11.7. The van der Waals surface area contributed by atoms with Gasteiger partial charge in [0, 0.05) is 24.3 Å². The molecule has 0 radical (unpaired) electrons. The lowest BCUT2D eigenvalue weighted by Gasteiger charge is -2.32. The summed E-state index contributed by atoms with van der Waals surface area (Å²) in [4.78, 5) is 17.7. The molecule has 0 saturated carbocycles. The smallest absolute Gasteiger partial charge is 0.410 e. The molecule has 0 bridgehead atoms. The van der Waals surface area contributed by atoms with Gasteiger partial charge in [0.15, 0.2) is 32.2 Å². The number of sulfone groups is 1. The molecule has 3 rings (SSSR count). The van der Waals surface area contributed by atoms with Crippen molar-refractivity contribution >= 4 is 15.9 Å². The van der Waals surface area contributed by atoms with Crippen LogP contribution in [0.25, 0.3) is 11.1 Å². The number of ether oxygens (including phenoxy) is 2. The zero-order chi connectivity index (χ0) is 29.6. The summed E-state index contributed by atoms with van der Waals surface area (Å²) in [7, 11) is -3.99. The number of hydrogen-bond donors (Lipinski definition) is 4. The number of aryl methyl sites for hydroxylation is 1. The fourth-order valence-electron chi connectivity index (χ4n) is 4.20. The summed E-state index contributed by atoms with van der Waals surface area (Å²) in [6.07, 6.45) is -3.13. The van der Waals surface area contributed by atoms with Crippen LogP contribution in [0, 0.1) is 24.5 Å². The molecule has 1 aliphatic heterocycles. The van der Waals surface area contributed by atoms with Crippen molar-refractivity contribution in [3.05, 3.63) is 41.6 Å². The zero-order valence-corrected chi connectivity index (χ0v) is 23.0. The molecular formula is C26H34F2N2O9S. The van der Waals surface area contributed by atoms with Gasteiger partial charge in [0.05, 0.1) is 31.7 Å². The summed E-state index contributed by atoms with van der Waals surface area (Å²) < 4.78 is 65.1. The molecule has 2 aromatic rings. The molecule has 1 amide bonds. The Morgan fingerprint density at radius 1 is 1.12 bits per heavy atom. The fourth-order valence-corrected chi connectivity index (χ4v) is 5.54.